The Bertz CT molecular complexity index is 2330. The molecule has 256 valence electrons. The zero-order valence-electron chi connectivity index (χ0n) is 28.4. The monoisotopic (exact) mass is 764 g/mol. The molecular weight excluding hydrogens is 731 g/mol. The van der Waals surface area contributed by atoms with Crippen molar-refractivity contribution in [2.45, 2.75) is 44.7 Å². The number of carbonyl (C=O) groups excluding carboxylic acids is 4. The second-order valence-electron chi connectivity index (χ2n) is 11.6. The van der Waals surface area contributed by atoms with Crippen molar-refractivity contribution >= 4 is 80.8 Å². The van der Waals surface area contributed by atoms with E-state index in [4.69, 9.17) is 23.8 Å². The van der Waals surface area contributed by atoms with Gasteiger partial charge >= 0.3 is 51.4 Å². The zero-order chi connectivity index (χ0) is 34.7. The molecule has 4 N–H and O–H groups in total. The first-order valence-electron chi connectivity index (χ1n) is 16.1. The van der Waals surface area contributed by atoms with Crippen molar-refractivity contribution in [3.05, 3.63) is 122 Å². The van der Waals surface area contributed by atoms with Crippen molar-refractivity contribution in [1.82, 2.24) is 19.9 Å². The molecule has 0 unspecified atom stereocenters. The van der Waals surface area contributed by atoms with Gasteiger partial charge in [-0.15, -0.1) is 11.6 Å². The number of rotatable bonds is 6. The Balaban J connectivity index is 0.000000198. The maximum atomic E-state index is 12.9. The third-order valence-corrected chi connectivity index (χ3v) is 9.76. The molecule has 0 saturated carbocycles. The first-order valence-corrected chi connectivity index (χ1v) is 18.0. The Morgan fingerprint density at radius 1 is 0.647 bits per heavy atom. The largest absolute Gasteiger partial charge is 1.00 e. The molecule has 0 bridgehead atoms. The van der Waals surface area contributed by atoms with E-state index in [-0.39, 0.29) is 80.0 Å². The molecule has 2 heterocycles. The number of thioether (sulfide) groups is 1. The molecule has 0 spiro atoms. The van der Waals surface area contributed by atoms with E-state index in [9.17, 15) is 19.2 Å². The fraction of sp³-hybridized carbons (Fsp3) is 0.211. The number of hydrogen-bond donors (Lipinski definition) is 3. The second kappa shape index (κ2) is 18.1. The van der Waals surface area contributed by atoms with E-state index in [1.165, 1.54) is 6.42 Å². The number of H-pyrrole nitrogens is 3. The number of halogens is 1. The summed E-state index contributed by atoms with van der Waals surface area (Å²) in [7, 11) is 0. The Hall–Kier alpha value is -3.04. The number of carbonyl (C=O) groups is 4. The fourth-order valence-corrected chi connectivity index (χ4v) is 7.28. The molecule has 0 amide bonds. The van der Waals surface area contributed by atoms with Crippen LogP contribution in [-0.4, -0.2) is 60.2 Å². The van der Waals surface area contributed by atoms with Gasteiger partial charge in [0.15, 0.2) is 33.1 Å². The van der Waals surface area contributed by atoms with Crippen LogP contribution in [0.25, 0.3) is 22.1 Å². The van der Waals surface area contributed by atoms with E-state index in [1.54, 1.807) is 78.5 Å². The van der Waals surface area contributed by atoms with Gasteiger partial charge in [-0.2, -0.15) is 0 Å². The van der Waals surface area contributed by atoms with E-state index >= 15 is 0 Å². The Kier molecular flexibility index (Phi) is 14.5. The number of hydrogen-bond acceptors (Lipinski definition) is 8. The summed E-state index contributed by atoms with van der Waals surface area (Å²) in [4.78, 5) is 64.6. The van der Waals surface area contributed by atoms with E-state index in [2.05, 4.69) is 33.8 Å². The van der Waals surface area contributed by atoms with E-state index in [1.807, 2.05) is 6.07 Å². The molecule has 2 aliphatic carbocycles. The number of aromatic amines is 3. The van der Waals surface area contributed by atoms with Crippen molar-refractivity contribution in [2.75, 3.05) is 11.6 Å². The number of imidazole rings is 2. The number of nitrogens with one attached hydrogen (secondary N) is 3. The SMILES string of the molecule is CCCCCl.CCCCSc1nc2c3c(ccc2[nH]1)C(=O)c1ccccc1C3=O.O=C1c2ccccc2C(=O)c2c1ccc1[nH]c(=S)[nH]c21.[K+].[OH-]. The fourth-order valence-electron chi connectivity index (χ4n) is 5.83. The smallest absolute Gasteiger partial charge is 0.870 e. The third-order valence-electron chi connectivity index (χ3n) is 8.32. The summed E-state index contributed by atoms with van der Waals surface area (Å²) >= 11 is 12.0. The molecular formula is C38H34ClKN4O5S2. The number of fused-ring (bicyclic) bond motifs is 8. The normalized spacial score (nSPS) is 12.3. The Morgan fingerprint density at radius 3 is 1.69 bits per heavy atom. The molecule has 4 aromatic carbocycles. The van der Waals surface area contributed by atoms with Crippen LogP contribution in [0.15, 0.2) is 78.0 Å². The summed E-state index contributed by atoms with van der Waals surface area (Å²) in [5.74, 6) is 1.29. The van der Waals surface area contributed by atoms with Crippen molar-refractivity contribution in [1.29, 1.82) is 0 Å². The molecule has 51 heavy (non-hydrogen) atoms. The molecule has 0 fully saturated rings. The van der Waals surface area contributed by atoms with Gasteiger partial charge in [-0.3, -0.25) is 19.2 Å². The zero-order valence-corrected chi connectivity index (χ0v) is 33.9. The summed E-state index contributed by atoms with van der Waals surface area (Å²) in [6, 6.07) is 20.9. The van der Waals surface area contributed by atoms with Gasteiger partial charge in [0.25, 0.3) is 0 Å². The summed E-state index contributed by atoms with van der Waals surface area (Å²) < 4.78 is 0.438. The Labute approximate surface area is 351 Å². The maximum Gasteiger partial charge on any atom is 1.00 e. The molecule has 8 rings (SSSR count). The molecule has 9 nitrogen and oxygen atoms in total. The predicted molar refractivity (Wildman–Crippen MR) is 199 cm³/mol. The van der Waals surface area contributed by atoms with Gasteiger partial charge in [0.05, 0.1) is 27.7 Å². The molecule has 2 aromatic heterocycles. The van der Waals surface area contributed by atoms with Gasteiger partial charge in [-0.1, -0.05) is 87.0 Å². The van der Waals surface area contributed by atoms with Gasteiger partial charge in [-0.25, -0.2) is 4.98 Å². The van der Waals surface area contributed by atoms with Gasteiger partial charge < -0.3 is 20.4 Å². The maximum absolute atomic E-state index is 12.9. The van der Waals surface area contributed by atoms with E-state index in [0.717, 1.165) is 47.1 Å². The van der Waals surface area contributed by atoms with Crippen molar-refractivity contribution in [2.24, 2.45) is 0 Å². The number of ketones is 4. The molecule has 2 aliphatic rings. The van der Waals surface area contributed by atoms with Crippen LogP contribution < -0.4 is 51.4 Å². The van der Waals surface area contributed by atoms with Crippen LogP contribution in [0.1, 0.15) is 103 Å². The number of unbranched alkanes of at least 4 members (excludes halogenated alkanes) is 2. The molecule has 0 saturated heterocycles. The van der Waals surface area contributed by atoms with Crippen LogP contribution in [-0.2, 0) is 0 Å². The molecule has 0 atom stereocenters. The average Bonchev–Trinajstić information content (AvgIpc) is 3.72. The topological polar surface area (TPSA) is 159 Å². The van der Waals surface area contributed by atoms with Crippen LogP contribution in [0, 0.1) is 4.77 Å². The van der Waals surface area contributed by atoms with Crippen LogP contribution in [0.5, 0.6) is 0 Å². The van der Waals surface area contributed by atoms with Crippen LogP contribution in [0.4, 0.5) is 0 Å². The molecule has 6 aromatic rings. The summed E-state index contributed by atoms with van der Waals surface area (Å²) in [6.45, 7) is 4.28. The van der Waals surface area contributed by atoms with Gasteiger partial charge in [0.1, 0.15) is 5.52 Å². The number of aromatic nitrogens is 4. The average molecular weight is 765 g/mol. The Morgan fingerprint density at radius 2 is 1.16 bits per heavy atom. The van der Waals surface area contributed by atoms with Crippen molar-refractivity contribution < 1.29 is 76.0 Å². The summed E-state index contributed by atoms with van der Waals surface area (Å²) in [6.07, 6.45) is 4.61. The number of benzene rings is 4. The van der Waals surface area contributed by atoms with Crippen LogP contribution in [0.2, 0.25) is 0 Å². The second-order valence-corrected chi connectivity index (χ2v) is 13.4. The summed E-state index contributed by atoms with van der Waals surface area (Å²) in [5, 5.41) is 0.797. The van der Waals surface area contributed by atoms with Crippen molar-refractivity contribution in [3.8, 4) is 0 Å². The van der Waals surface area contributed by atoms with E-state index in [0.29, 0.717) is 60.3 Å². The first kappa shape index (κ1) is 40.7. The van der Waals surface area contributed by atoms with Gasteiger partial charge in [-0.05, 0) is 49.3 Å². The molecule has 0 aliphatic heterocycles. The van der Waals surface area contributed by atoms with Gasteiger partial charge in [0.2, 0.25) is 0 Å². The minimum absolute atomic E-state index is 0. The minimum Gasteiger partial charge on any atom is -0.870 e. The van der Waals surface area contributed by atoms with Crippen molar-refractivity contribution in [3.63, 3.8) is 0 Å². The van der Waals surface area contributed by atoms with E-state index < -0.39 is 0 Å². The first-order chi connectivity index (χ1) is 23.8. The van der Waals surface area contributed by atoms with Crippen LogP contribution in [0.3, 0.4) is 0 Å². The minimum atomic E-state index is -0.147. The number of nitrogens with zero attached hydrogens (tertiary/aromatic N) is 1. The third kappa shape index (κ3) is 8.14. The summed E-state index contributed by atoms with van der Waals surface area (Å²) in [5.41, 5.74) is 6.26. The molecule has 0 radical (unpaired) electrons. The predicted octanol–water partition coefficient (Wildman–Crippen LogP) is 6.08. The standard InChI is InChI=1S/C19H16N2O2S.C15H8N2O2S.C4H9Cl.K.H2O/c1-2-3-10-24-19-20-14-9-8-13-15(16(14)21-19)18(23)12-7-5-4-6-11(12)17(13)22;18-13-7-3-1-2-4-8(7)14(19)11-9(13)5-6-10-12(11)17-15(20)16-10;1-2-3-4-5;;/h4-9H,2-3,10H2,1H3,(H,20,21);1-6H,(H2,16,17,20);2-4H2,1H3;;1H2/q;;;+1;/p-1. The molecule has 13 heteroatoms. The van der Waals surface area contributed by atoms with Crippen LogP contribution >= 0.6 is 35.6 Å². The quantitative estimate of drug-likeness (QED) is 0.0604. The van der Waals surface area contributed by atoms with Gasteiger partial charge in [0, 0.05) is 45.0 Å². The number of alkyl halides is 1.